The first kappa shape index (κ1) is 13.6. The third kappa shape index (κ3) is 3.14. The normalized spacial score (nSPS) is 10.4. The van der Waals surface area contributed by atoms with Crippen LogP contribution in [-0.4, -0.2) is 4.98 Å². The van der Waals surface area contributed by atoms with Gasteiger partial charge in [0.15, 0.2) is 0 Å². The number of ether oxygens (including phenoxy) is 1. The molecule has 1 aromatic carbocycles. The lowest BCUT2D eigenvalue weighted by Gasteiger charge is -2.09. The van der Waals surface area contributed by atoms with Crippen LogP contribution in [0.1, 0.15) is 5.69 Å². The average molecular weight is 348 g/mol. The molecule has 2 rings (SSSR count). The molecule has 2 N–H and O–H groups in total. The molecule has 0 spiro atoms. The lowest BCUT2D eigenvalue weighted by atomic mass is 10.3. The second-order valence-electron chi connectivity index (χ2n) is 3.49. The number of hydrogen-bond donors (Lipinski definition) is 1. The highest BCUT2D eigenvalue weighted by atomic mass is 79.9. The molecule has 1 heterocycles. The molecule has 94 valence electrons. The Morgan fingerprint density at radius 2 is 2.00 bits per heavy atom. The summed E-state index contributed by atoms with van der Waals surface area (Å²) < 4.78 is 6.32. The summed E-state index contributed by atoms with van der Waals surface area (Å²) in [4.78, 5) is 4.13. The van der Waals surface area contributed by atoms with Gasteiger partial charge in [-0.1, -0.05) is 23.2 Å². The summed E-state index contributed by atoms with van der Waals surface area (Å²) in [7, 11) is 0. The number of pyridine rings is 1. The molecule has 0 radical (unpaired) electrons. The Bertz CT molecular complexity index is 561. The number of hydrogen-bond acceptors (Lipinski definition) is 3. The molecule has 3 nitrogen and oxygen atoms in total. The van der Waals surface area contributed by atoms with E-state index in [4.69, 9.17) is 33.7 Å². The van der Waals surface area contributed by atoms with E-state index >= 15 is 0 Å². The van der Waals surface area contributed by atoms with E-state index in [0.29, 0.717) is 28.1 Å². The van der Waals surface area contributed by atoms with E-state index in [2.05, 4.69) is 20.9 Å². The van der Waals surface area contributed by atoms with Crippen molar-refractivity contribution in [1.29, 1.82) is 0 Å². The highest BCUT2D eigenvalue weighted by Gasteiger charge is 2.08. The average Bonchev–Trinajstić information content (AvgIpc) is 2.37. The van der Waals surface area contributed by atoms with E-state index in [-0.39, 0.29) is 0 Å². The Hall–Kier alpha value is -0.810. The van der Waals surface area contributed by atoms with Gasteiger partial charge in [0, 0.05) is 17.1 Å². The third-order valence-electron chi connectivity index (χ3n) is 2.21. The van der Waals surface area contributed by atoms with Gasteiger partial charge in [-0.15, -0.1) is 0 Å². The molecule has 0 unspecified atom stereocenters. The molecule has 1 aromatic heterocycles. The Kier molecular flexibility index (Phi) is 4.45. The molecule has 0 fully saturated rings. The second kappa shape index (κ2) is 5.89. The minimum Gasteiger partial charge on any atom is -0.454 e. The summed E-state index contributed by atoms with van der Waals surface area (Å²) in [6.07, 6.45) is 1.59. The maximum atomic E-state index is 6.06. The van der Waals surface area contributed by atoms with E-state index in [1.165, 1.54) is 0 Å². The zero-order valence-corrected chi connectivity index (χ0v) is 12.3. The van der Waals surface area contributed by atoms with Crippen LogP contribution in [-0.2, 0) is 6.54 Å². The second-order valence-corrected chi connectivity index (χ2v) is 5.16. The SMILES string of the molecule is NCc1ccc(Oc2cc(Cl)c(Br)cc2Cl)cn1. The van der Waals surface area contributed by atoms with Crippen molar-refractivity contribution in [3.05, 3.63) is 50.7 Å². The first-order valence-electron chi connectivity index (χ1n) is 5.07. The molecule has 0 atom stereocenters. The van der Waals surface area contributed by atoms with Gasteiger partial charge in [-0.05, 0) is 34.1 Å². The van der Waals surface area contributed by atoms with Crippen LogP contribution in [0.15, 0.2) is 34.9 Å². The molecule has 0 aliphatic carbocycles. The van der Waals surface area contributed by atoms with Gasteiger partial charge in [0.1, 0.15) is 11.5 Å². The van der Waals surface area contributed by atoms with Crippen molar-refractivity contribution >= 4 is 39.1 Å². The highest BCUT2D eigenvalue weighted by Crippen LogP contribution is 2.36. The van der Waals surface area contributed by atoms with Crippen LogP contribution in [0.3, 0.4) is 0 Å². The van der Waals surface area contributed by atoms with Crippen molar-refractivity contribution in [3.8, 4) is 11.5 Å². The van der Waals surface area contributed by atoms with E-state index < -0.39 is 0 Å². The Morgan fingerprint density at radius 3 is 2.61 bits per heavy atom. The number of halogens is 3. The van der Waals surface area contributed by atoms with Gasteiger partial charge in [-0.25, -0.2) is 0 Å². The number of benzene rings is 1. The van der Waals surface area contributed by atoms with Gasteiger partial charge < -0.3 is 10.5 Å². The molecule has 0 saturated heterocycles. The first-order chi connectivity index (χ1) is 8.60. The molecule has 0 saturated carbocycles. The van der Waals surface area contributed by atoms with Gasteiger partial charge in [0.05, 0.1) is 21.9 Å². The van der Waals surface area contributed by atoms with Crippen LogP contribution < -0.4 is 10.5 Å². The molecule has 6 heteroatoms. The van der Waals surface area contributed by atoms with Crippen LogP contribution in [0.5, 0.6) is 11.5 Å². The van der Waals surface area contributed by atoms with Crippen LogP contribution in [0, 0.1) is 0 Å². The monoisotopic (exact) mass is 346 g/mol. The predicted molar refractivity (Wildman–Crippen MR) is 76.4 cm³/mol. The Labute approximate surface area is 123 Å². The summed E-state index contributed by atoms with van der Waals surface area (Å²) in [5.74, 6) is 1.06. The zero-order chi connectivity index (χ0) is 13.1. The minimum atomic E-state index is 0.394. The minimum absolute atomic E-state index is 0.394. The van der Waals surface area contributed by atoms with Gasteiger partial charge in [0.25, 0.3) is 0 Å². The van der Waals surface area contributed by atoms with E-state index in [1.54, 1.807) is 30.5 Å². The van der Waals surface area contributed by atoms with Gasteiger partial charge in [-0.3, -0.25) is 4.98 Å². The van der Waals surface area contributed by atoms with Gasteiger partial charge >= 0.3 is 0 Å². The van der Waals surface area contributed by atoms with Crippen molar-refractivity contribution in [1.82, 2.24) is 4.98 Å². The lowest BCUT2D eigenvalue weighted by molar-refractivity contribution is 0.480. The lowest BCUT2D eigenvalue weighted by Crippen LogP contribution is -1.98. The quantitative estimate of drug-likeness (QED) is 0.837. The first-order valence-corrected chi connectivity index (χ1v) is 6.62. The standard InChI is InChI=1S/C12H9BrCl2N2O/c13-9-3-11(15)12(4-10(9)14)18-8-2-1-7(5-16)17-6-8/h1-4,6H,5,16H2. The number of aromatic nitrogens is 1. The van der Waals surface area contributed by atoms with Crippen molar-refractivity contribution in [3.63, 3.8) is 0 Å². The topological polar surface area (TPSA) is 48.1 Å². The summed E-state index contributed by atoms with van der Waals surface area (Å²) in [5, 5.41) is 0.995. The van der Waals surface area contributed by atoms with E-state index in [0.717, 1.165) is 10.2 Å². The van der Waals surface area contributed by atoms with Crippen LogP contribution >= 0.6 is 39.1 Å². The maximum Gasteiger partial charge on any atom is 0.147 e. The summed E-state index contributed by atoms with van der Waals surface area (Å²) in [5.41, 5.74) is 6.26. The molecule has 0 amide bonds. The molecule has 0 aliphatic rings. The summed E-state index contributed by atoms with van der Waals surface area (Å²) in [6, 6.07) is 6.90. The molecule has 2 aromatic rings. The van der Waals surface area contributed by atoms with E-state index in [1.807, 2.05) is 0 Å². The summed E-state index contributed by atoms with van der Waals surface area (Å²) in [6.45, 7) is 0.394. The molecular formula is C12H9BrCl2N2O. The molecular weight excluding hydrogens is 339 g/mol. The molecule has 0 aliphatic heterocycles. The van der Waals surface area contributed by atoms with Gasteiger partial charge in [0.2, 0.25) is 0 Å². The van der Waals surface area contributed by atoms with E-state index in [9.17, 15) is 0 Å². The van der Waals surface area contributed by atoms with Crippen molar-refractivity contribution in [2.45, 2.75) is 6.54 Å². The Morgan fingerprint density at radius 1 is 1.22 bits per heavy atom. The van der Waals surface area contributed by atoms with Crippen LogP contribution in [0.4, 0.5) is 0 Å². The fourth-order valence-corrected chi connectivity index (χ4v) is 2.13. The van der Waals surface area contributed by atoms with Crippen LogP contribution in [0.2, 0.25) is 10.0 Å². The Balaban J connectivity index is 2.25. The van der Waals surface area contributed by atoms with Crippen molar-refractivity contribution in [2.75, 3.05) is 0 Å². The fraction of sp³-hybridized carbons (Fsp3) is 0.0833. The third-order valence-corrected chi connectivity index (χ3v) is 3.70. The van der Waals surface area contributed by atoms with Crippen molar-refractivity contribution in [2.24, 2.45) is 5.73 Å². The zero-order valence-electron chi connectivity index (χ0n) is 9.16. The smallest absolute Gasteiger partial charge is 0.147 e. The largest absolute Gasteiger partial charge is 0.454 e. The van der Waals surface area contributed by atoms with Gasteiger partial charge in [-0.2, -0.15) is 0 Å². The highest BCUT2D eigenvalue weighted by molar-refractivity contribution is 9.10. The predicted octanol–water partition coefficient (Wildman–Crippen LogP) is 4.40. The van der Waals surface area contributed by atoms with Crippen molar-refractivity contribution < 1.29 is 4.74 Å². The molecule has 18 heavy (non-hydrogen) atoms. The molecule has 0 bridgehead atoms. The maximum absolute atomic E-state index is 6.06. The number of nitrogens with two attached hydrogens (primary N) is 1. The summed E-state index contributed by atoms with van der Waals surface area (Å²) >= 11 is 15.3. The number of nitrogens with zero attached hydrogens (tertiary/aromatic N) is 1. The number of rotatable bonds is 3. The van der Waals surface area contributed by atoms with Crippen LogP contribution in [0.25, 0.3) is 0 Å². The fourth-order valence-electron chi connectivity index (χ4n) is 1.30.